The summed E-state index contributed by atoms with van der Waals surface area (Å²) in [5, 5.41) is 3.16. The van der Waals surface area contributed by atoms with Gasteiger partial charge in [-0.15, -0.1) is 0 Å². The summed E-state index contributed by atoms with van der Waals surface area (Å²) in [6.45, 7) is 9.69. The number of aryl methyl sites for hydroxylation is 2. The van der Waals surface area contributed by atoms with E-state index in [0.29, 0.717) is 12.1 Å². The Morgan fingerprint density at radius 3 is 1.95 bits per heavy atom. The Labute approximate surface area is 257 Å². The third kappa shape index (κ3) is 8.05. The maximum absolute atomic E-state index is 14.3. The van der Waals surface area contributed by atoms with Crippen molar-refractivity contribution in [1.29, 1.82) is 0 Å². The fourth-order valence-electron chi connectivity index (χ4n) is 5.57. The molecule has 0 heterocycles. The molecule has 2 amide bonds. The number of benzene rings is 3. The standard InChI is InChI=1S/C35H45N3O4S/c1-6-33(35(40)36-30-9-7-8-10-30)37(23-28-15-11-26(4)12-16-28)34(39)24-38(31-19-17-29(18-20-31)25(2)3)43(41,42)32-21-13-27(5)14-22-32/h11-22,25,30,33H,6-10,23-24H2,1-5H3,(H,36,40)/t33-/m0/s1. The summed E-state index contributed by atoms with van der Waals surface area (Å²) < 4.78 is 29.4. The van der Waals surface area contributed by atoms with Gasteiger partial charge in [0.2, 0.25) is 11.8 Å². The molecule has 0 saturated heterocycles. The highest BCUT2D eigenvalue weighted by molar-refractivity contribution is 7.92. The molecule has 3 aromatic rings. The number of amides is 2. The van der Waals surface area contributed by atoms with E-state index < -0.39 is 28.5 Å². The molecule has 1 aliphatic carbocycles. The van der Waals surface area contributed by atoms with Gasteiger partial charge in [-0.05, 0) is 74.4 Å². The van der Waals surface area contributed by atoms with Crippen LogP contribution in [0.3, 0.4) is 0 Å². The van der Waals surface area contributed by atoms with Crippen LogP contribution in [0.4, 0.5) is 5.69 Å². The van der Waals surface area contributed by atoms with Gasteiger partial charge >= 0.3 is 0 Å². The SMILES string of the molecule is CC[C@@H](C(=O)NC1CCCC1)N(Cc1ccc(C)cc1)C(=O)CN(c1ccc(C(C)C)cc1)S(=O)(=O)c1ccc(C)cc1. The normalized spacial score (nSPS) is 14.5. The molecule has 0 spiro atoms. The zero-order valence-electron chi connectivity index (χ0n) is 26.0. The summed E-state index contributed by atoms with van der Waals surface area (Å²) in [6, 6.07) is 21.2. The van der Waals surface area contributed by atoms with E-state index in [1.807, 2.05) is 57.2 Å². The van der Waals surface area contributed by atoms with Crippen molar-refractivity contribution in [1.82, 2.24) is 10.2 Å². The van der Waals surface area contributed by atoms with Gasteiger partial charge in [0, 0.05) is 12.6 Å². The molecule has 1 saturated carbocycles. The van der Waals surface area contributed by atoms with E-state index in [9.17, 15) is 18.0 Å². The molecule has 1 atom stereocenters. The quantitative estimate of drug-likeness (QED) is 0.257. The van der Waals surface area contributed by atoms with E-state index in [1.54, 1.807) is 41.3 Å². The van der Waals surface area contributed by atoms with Crippen molar-refractivity contribution in [2.45, 2.75) is 96.2 Å². The Bertz CT molecular complexity index is 1480. The van der Waals surface area contributed by atoms with Gasteiger partial charge in [0.05, 0.1) is 10.6 Å². The summed E-state index contributed by atoms with van der Waals surface area (Å²) in [4.78, 5) is 29.5. The molecule has 0 unspecified atom stereocenters. The summed E-state index contributed by atoms with van der Waals surface area (Å²) >= 11 is 0. The predicted molar refractivity (Wildman–Crippen MR) is 172 cm³/mol. The molecule has 0 bridgehead atoms. The maximum Gasteiger partial charge on any atom is 0.264 e. The number of hydrogen-bond donors (Lipinski definition) is 1. The first-order chi connectivity index (χ1) is 20.5. The first-order valence-electron chi connectivity index (χ1n) is 15.3. The molecule has 1 N–H and O–H groups in total. The van der Waals surface area contributed by atoms with Crippen molar-refractivity contribution in [3.05, 3.63) is 95.1 Å². The Morgan fingerprint density at radius 2 is 1.42 bits per heavy atom. The van der Waals surface area contributed by atoms with Crippen LogP contribution in [0.15, 0.2) is 77.7 Å². The smallest absolute Gasteiger partial charge is 0.264 e. The minimum atomic E-state index is -4.10. The lowest BCUT2D eigenvalue weighted by Gasteiger charge is -2.34. The van der Waals surface area contributed by atoms with Crippen molar-refractivity contribution >= 4 is 27.5 Å². The van der Waals surface area contributed by atoms with Crippen LogP contribution in [0.1, 0.15) is 81.0 Å². The van der Waals surface area contributed by atoms with Crippen molar-refractivity contribution < 1.29 is 18.0 Å². The molecule has 0 aliphatic heterocycles. The molecule has 0 radical (unpaired) electrons. The summed E-state index contributed by atoms with van der Waals surface area (Å²) in [5.74, 6) is -0.353. The van der Waals surface area contributed by atoms with Crippen molar-refractivity contribution in [3.8, 4) is 0 Å². The molecule has 7 nitrogen and oxygen atoms in total. The fraction of sp³-hybridized carbons (Fsp3) is 0.429. The van der Waals surface area contributed by atoms with Crippen molar-refractivity contribution in [3.63, 3.8) is 0 Å². The molecule has 4 rings (SSSR count). The van der Waals surface area contributed by atoms with Crippen LogP contribution < -0.4 is 9.62 Å². The molecule has 1 fully saturated rings. The molecule has 0 aromatic heterocycles. The molecule has 8 heteroatoms. The van der Waals surface area contributed by atoms with Crippen LogP contribution in [0, 0.1) is 13.8 Å². The average molecular weight is 604 g/mol. The zero-order valence-corrected chi connectivity index (χ0v) is 26.9. The van der Waals surface area contributed by atoms with Gasteiger partial charge in [-0.3, -0.25) is 13.9 Å². The van der Waals surface area contributed by atoms with E-state index in [4.69, 9.17) is 0 Å². The highest BCUT2D eigenvalue weighted by atomic mass is 32.2. The number of nitrogens with one attached hydrogen (secondary N) is 1. The molecule has 1 aliphatic rings. The molecule has 43 heavy (non-hydrogen) atoms. The van der Waals surface area contributed by atoms with Crippen molar-refractivity contribution in [2.24, 2.45) is 0 Å². The zero-order chi connectivity index (χ0) is 31.1. The number of carbonyl (C=O) groups excluding carboxylic acids is 2. The third-order valence-electron chi connectivity index (χ3n) is 8.30. The van der Waals surface area contributed by atoms with E-state index in [-0.39, 0.29) is 29.3 Å². The van der Waals surface area contributed by atoms with Crippen LogP contribution in [0.5, 0.6) is 0 Å². The summed E-state index contributed by atoms with van der Waals surface area (Å²) in [6.07, 6.45) is 4.43. The summed E-state index contributed by atoms with van der Waals surface area (Å²) in [7, 11) is -4.10. The Kier molecular flexibility index (Phi) is 10.7. The monoisotopic (exact) mass is 603 g/mol. The Morgan fingerprint density at radius 1 is 0.860 bits per heavy atom. The molecular formula is C35H45N3O4S. The Balaban J connectivity index is 1.72. The first-order valence-corrected chi connectivity index (χ1v) is 16.8. The van der Waals surface area contributed by atoms with E-state index in [2.05, 4.69) is 19.2 Å². The second-order valence-electron chi connectivity index (χ2n) is 12.0. The van der Waals surface area contributed by atoms with Crippen LogP contribution >= 0.6 is 0 Å². The van der Waals surface area contributed by atoms with E-state index >= 15 is 0 Å². The lowest BCUT2D eigenvalue weighted by atomic mass is 10.0. The van der Waals surface area contributed by atoms with Gasteiger partial charge in [0.25, 0.3) is 10.0 Å². The minimum absolute atomic E-state index is 0.106. The maximum atomic E-state index is 14.3. The lowest BCUT2D eigenvalue weighted by Crippen LogP contribution is -2.53. The molecular weight excluding hydrogens is 558 g/mol. The van der Waals surface area contributed by atoms with Crippen LogP contribution in [0.2, 0.25) is 0 Å². The molecule has 3 aromatic carbocycles. The van der Waals surface area contributed by atoms with Crippen molar-refractivity contribution in [2.75, 3.05) is 10.8 Å². The molecule has 230 valence electrons. The number of sulfonamides is 1. The topological polar surface area (TPSA) is 86.8 Å². The van der Waals surface area contributed by atoms with Gasteiger partial charge in [-0.1, -0.05) is 93.3 Å². The fourth-order valence-corrected chi connectivity index (χ4v) is 6.98. The number of carbonyl (C=O) groups is 2. The van der Waals surface area contributed by atoms with Gasteiger partial charge in [0.15, 0.2) is 0 Å². The van der Waals surface area contributed by atoms with Gasteiger partial charge in [-0.2, -0.15) is 0 Å². The first kappa shape index (κ1) is 32.3. The second kappa shape index (κ2) is 14.2. The number of nitrogens with zero attached hydrogens (tertiary/aromatic N) is 2. The number of hydrogen-bond acceptors (Lipinski definition) is 4. The van der Waals surface area contributed by atoms with Gasteiger partial charge in [0.1, 0.15) is 12.6 Å². The van der Waals surface area contributed by atoms with Gasteiger partial charge < -0.3 is 10.2 Å². The Hall–Kier alpha value is -3.65. The van der Waals surface area contributed by atoms with E-state index in [1.165, 1.54) is 4.31 Å². The predicted octanol–water partition coefficient (Wildman–Crippen LogP) is 6.49. The van der Waals surface area contributed by atoms with E-state index in [0.717, 1.165) is 47.9 Å². The van der Waals surface area contributed by atoms with Crippen LogP contribution in [0.25, 0.3) is 0 Å². The minimum Gasteiger partial charge on any atom is -0.352 e. The number of anilines is 1. The lowest BCUT2D eigenvalue weighted by molar-refractivity contribution is -0.140. The summed E-state index contributed by atoms with van der Waals surface area (Å²) in [5.41, 5.74) is 4.37. The third-order valence-corrected chi connectivity index (χ3v) is 10.1. The highest BCUT2D eigenvalue weighted by Crippen LogP contribution is 2.27. The van der Waals surface area contributed by atoms with Crippen LogP contribution in [-0.2, 0) is 26.2 Å². The second-order valence-corrected chi connectivity index (χ2v) is 13.9. The largest absolute Gasteiger partial charge is 0.352 e. The van der Waals surface area contributed by atoms with Crippen LogP contribution in [-0.4, -0.2) is 43.8 Å². The number of rotatable bonds is 12. The van der Waals surface area contributed by atoms with Gasteiger partial charge in [-0.25, -0.2) is 8.42 Å². The highest BCUT2D eigenvalue weighted by Gasteiger charge is 2.34. The average Bonchev–Trinajstić information content (AvgIpc) is 3.50.